The van der Waals surface area contributed by atoms with Crippen molar-refractivity contribution >= 4 is 5.97 Å². The smallest absolute Gasteiger partial charge is 0.328 e. The molecule has 0 bridgehead atoms. The van der Waals surface area contributed by atoms with Gasteiger partial charge in [-0.05, 0) is 74.0 Å². The van der Waals surface area contributed by atoms with E-state index < -0.39 is 5.97 Å². The molecule has 2 heteroatoms. The summed E-state index contributed by atoms with van der Waals surface area (Å²) in [6, 6.07) is 0. The van der Waals surface area contributed by atoms with Gasteiger partial charge in [-0.2, -0.15) is 0 Å². The summed E-state index contributed by atoms with van der Waals surface area (Å²) in [5.74, 6) is 1.23. The molecule has 2 saturated carbocycles. The van der Waals surface area contributed by atoms with Gasteiger partial charge in [-0.3, -0.25) is 0 Å². The minimum Gasteiger partial charge on any atom is -0.478 e. The van der Waals surface area contributed by atoms with Crippen LogP contribution in [0.15, 0.2) is 23.8 Å². The molecule has 2 fully saturated rings. The van der Waals surface area contributed by atoms with Crippen molar-refractivity contribution in [3.05, 3.63) is 23.8 Å². The van der Waals surface area contributed by atoms with E-state index in [4.69, 9.17) is 5.11 Å². The lowest BCUT2D eigenvalue weighted by atomic mass is 9.45. The second-order valence-corrected chi connectivity index (χ2v) is 8.94. The lowest BCUT2D eigenvalue weighted by molar-refractivity contribution is -0.131. The molecule has 2 rings (SSSR count). The lowest BCUT2D eigenvalue weighted by Crippen LogP contribution is -2.52. The average molecular weight is 319 g/mol. The Morgan fingerprint density at radius 2 is 2.00 bits per heavy atom. The number of hydrogen-bond acceptors (Lipinski definition) is 1. The van der Waals surface area contributed by atoms with Crippen LogP contribution in [-0.2, 0) is 4.79 Å². The van der Waals surface area contributed by atoms with Crippen LogP contribution in [0.25, 0.3) is 0 Å². The topological polar surface area (TPSA) is 37.3 Å². The van der Waals surface area contributed by atoms with E-state index in [0.29, 0.717) is 16.7 Å². The van der Waals surface area contributed by atoms with E-state index in [1.807, 2.05) is 6.92 Å². The van der Waals surface area contributed by atoms with Gasteiger partial charge in [0.1, 0.15) is 0 Å². The Balaban J connectivity index is 2.21. The predicted octanol–water partition coefficient (Wildman–Crippen LogP) is 5.84. The Morgan fingerprint density at radius 1 is 1.35 bits per heavy atom. The summed E-state index contributed by atoms with van der Waals surface area (Å²) in [5, 5.41) is 8.91. The fourth-order valence-corrected chi connectivity index (χ4v) is 5.54. The molecule has 2 aliphatic carbocycles. The highest BCUT2D eigenvalue weighted by atomic mass is 16.4. The van der Waals surface area contributed by atoms with Crippen molar-refractivity contribution in [3.63, 3.8) is 0 Å². The van der Waals surface area contributed by atoms with Crippen molar-refractivity contribution in [2.75, 3.05) is 0 Å². The molecule has 0 amide bonds. The molecule has 4 atom stereocenters. The molecule has 0 aromatic carbocycles. The Labute approximate surface area is 142 Å². The predicted molar refractivity (Wildman–Crippen MR) is 96.3 cm³/mol. The van der Waals surface area contributed by atoms with Crippen molar-refractivity contribution in [1.29, 1.82) is 0 Å². The van der Waals surface area contributed by atoms with Gasteiger partial charge >= 0.3 is 5.97 Å². The fraction of sp³-hybridized carbons (Fsp3) is 0.762. The van der Waals surface area contributed by atoms with E-state index in [-0.39, 0.29) is 0 Å². The Morgan fingerprint density at radius 3 is 2.61 bits per heavy atom. The molecule has 0 aliphatic heterocycles. The van der Waals surface area contributed by atoms with Crippen molar-refractivity contribution in [2.24, 2.45) is 28.6 Å². The van der Waals surface area contributed by atoms with Gasteiger partial charge in [-0.25, -0.2) is 4.79 Å². The third kappa shape index (κ3) is 3.41. The molecule has 0 spiro atoms. The van der Waals surface area contributed by atoms with E-state index in [2.05, 4.69) is 34.3 Å². The van der Waals surface area contributed by atoms with Crippen LogP contribution >= 0.6 is 0 Å². The number of carbonyl (C=O) groups is 1. The van der Waals surface area contributed by atoms with Gasteiger partial charge in [0.2, 0.25) is 0 Å². The van der Waals surface area contributed by atoms with Gasteiger partial charge in [0.25, 0.3) is 0 Å². The molecule has 2 aliphatic rings. The molecular weight excluding hydrogens is 284 g/mol. The first kappa shape index (κ1) is 18.3. The van der Waals surface area contributed by atoms with E-state index in [1.54, 1.807) is 0 Å². The molecule has 4 unspecified atom stereocenters. The Kier molecular flexibility index (Phi) is 5.13. The largest absolute Gasteiger partial charge is 0.478 e. The van der Waals surface area contributed by atoms with Crippen molar-refractivity contribution in [2.45, 2.75) is 73.1 Å². The number of fused-ring (bicyclic) bond motifs is 1. The number of allylic oxidation sites excluding steroid dienone is 2. The summed E-state index contributed by atoms with van der Waals surface area (Å²) in [5.41, 5.74) is 3.09. The highest BCUT2D eigenvalue weighted by molar-refractivity contribution is 5.80. The van der Waals surface area contributed by atoms with Gasteiger partial charge in [0.05, 0.1) is 0 Å². The van der Waals surface area contributed by atoms with E-state index in [1.165, 1.54) is 30.9 Å². The number of hydrogen-bond donors (Lipinski definition) is 1. The van der Waals surface area contributed by atoms with Crippen LogP contribution in [0, 0.1) is 28.6 Å². The molecule has 0 aromatic heterocycles. The van der Waals surface area contributed by atoms with E-state index >= 15 is 0 Å². The van der Waals surface area contributed by atoms with Crippen LogP contribution < -0.4 is 0 Å². The summed E-state index contributed by atoms with van der Waals surface area (Å²) in [7, 11) is 0. The van der Waals surface area contributed by atoms with Gasteiger partial charge < -0.3 is 5.11 Å². The number of rotatable bonds is 4. The fourth-order valence-electron chi connectivity index (χ4n) is 5.54. The summed E-state index contributed by atoms with van der Waals surface area (Å²) in [4.78, 5) is 10.8. The Bertz CT molecular complexity index is 514. The molecule has 23 heavy (non-hydrogen) atoms. The van der Waals surface area contributed by atoms with Gasteiger partial charge in [0.15, 0.2) is 0 Å². The third-order valence-corrected chi connectivity index (χ3v) is 7.32. The van der Waals surface area contributed by atoms with Crippen LogP contribution in [0.4, 0.5) is 0 Å². The number of aliphatic carboxylic acids is 1. The minimum atomic E-state index is -0.832. The highest BCUT2D eigenvalue weighted by Crippen LogP contribution is 2.63. The zero-order valence-corrected chi connectivity index (χ0v) is 15.6. The lowest BCUT2D eigenvalue weighted by Gasteiger charge is -2.60. The maximum absolute atomic E-state index is 10.8. The zero-order valence-electron chi connectivity index (χ0n) is 15.6. The van der Waals surface area contributed by atoms with Gasteiger partial charge in [0, 0.05) is 6.08 Å². The van der Waals surface area contributed by atoms with Crippen molar-refractivity contribution in [1.82, 2.24) is 0 Å². The molecule has 0 heterocycles. The zero-order chi connectivity index (χ0) is 17.4. The summed E-state index contributed by atoms with van der Waals surface area (Å²) in [6.07, 6.45) is 8.27. The second-order valence-electron chi connectivity index (χ2n) is 8.94. The quantitative estimate of drug-likeness (QED) is 0.522. The maximum Gasteiger partial charge on any atom is 0.328 e. The van der Waals surface area contributed by atoms with Crippen LogP contribution in [0.2, 0.25) is 0 Å². The first-order chi connectivity index (χ1) is 10.6. The molecule has 2 nitrogen and oxygen atoms in total. The molecule has 0 saturated heterocycles. The maximum atomic E-state index is 10.8. The second kappa shape index (κ2) is 6.45. The standard InChI is InChI=1S/C21H34O2/c1-14(13-19(22)23)7-9-17-15(2)8-10-18-20(4,5)16(3)11-12-21(17,18)6/h13,16-18H,2,7-12H2,1,3-6H3,(H,22,23). The highest BCUT2D eigenvalue weighted by Gasteiger charge is 2.54. The first-order valence-electron chi connectivity index (χ1n) is 9.16. The van der Waals surface area contributed by atoms with Crippen molar-refractivity contribution in [3.8, 4) is 0 Å². The van der Waals surface area contributed by atoms with Crippen LogP contribution in [0.3, 0.4) is 0 Å². The number of carboxylic acids is 1. The van der Waals surface area contributed by atoms with E-state index in [0.717, 1.165) is 36.7 Å². The SMILES string of the molecule is C=C1CCC2C(C)(C)C(C)CCC2(C)C1CCC(C)=CC(=O)O. The summed E-state index contributed by atoms with van der Waals surface area (Å²) < 4.78 is 0. The summed E-state index contributed by atoms with van der Waals surface area (Å²) in [6.45, 7) is 16.2. The molecule has 0 aromatic rings. The third-order valence-electron chi connectivity index (χ3n) is 7.32. The van der Waals surface area contributed by atoms with Crippen LogP contribution in [-0.4, -0.2) is 11.1 Å². The molecule has 0 radical (unpaired) electrons. The van der Waals surface area contributed by atoms with Gasteiger partial charge in [-0.15, -0.1) is 0 Å². The Hall–Kier alpha value is -1.05. The molecular formula is C21H34O2. The molecule has 130 valence electrons. The molecule has 1 N–H and O–H groups in total. The monoisotopic (exact) mass is 318 g/mol. The summed E-state index contributed by atoms with van der Waals surface area (Å²) >= 11 is 0. The van der Waals surface area contributed by atoms with Crippen LogP contribution in [0.5, 0.6) is 0 Å². The normalized spacial score (nSPS) is 37.3. The average Bonchev–Trinajstić information content (AvgIpc) is 2.42. The van der Waals surface area contributed by atoms with Crippen LogP contribution in [0.1, 0.15) is 73.1 Å². The van der Waals surface area contributed by atoms with Crippen molar-refractivity contribution < 1.29 is 9.90 Å². The number of carboxylic acid groups (broad SMARTS) is 1. The first-order valence-corrected chi connectivity index (χ1v) is 9.16. The minimum absolute atomic E-state index is 0.328. The van der Waals surface area contributed by atoms with E-state index in [9.17, 15) is 4.79 Å². The van der Waals surface area contributed by atoms with Gasteiger partial charge in [-0.1, -0.05) is 45.4 Å².